The summed E-state index contributed by atoms with van der Waals surface area (Å²) in [7, 11) is 4.53. The molecular weight excluding hydrogens is 719 g/mol. The number of ether oxygens (including phenoxy) is 1. The van der Waals surface area contributed by atoms with Gasteiger partial charge in [-0.3, -0.25) is 9.97 Å². The molecule has 6 atom stereocenters. The van der Waals surface area contributed by atoms with E-state index in [9.17, 15) is 5.11 Å². The molecule has 8 rings (SSSR count). The van der Waals surface area contributed by atoms with Crippen LogP contribution in [0.1, 0.15) is 51.4 Å². The molecule has 1 N–H and O–H groups in total. The van der Waals surface area contributed by atoms with Crippen LogP contribution in [0.15, 0.2) is 83.4 Å². The summed E-state index contributed by atoms with van der Waals surface area (Å²) in [6.45, 7) is 0. The first-order chi connectivity index (χ1) is 23.7. The van der Waals surface area contributed by atoms with E-state index in [1.54, 1.807) is 43.1 Å². The van der Waals surface area contributed by atoms with Gasteiger partial charge >= 0.3 is 0 Å². The van der Waals surface area contributed by atoms with Crippen molar-refractivity contribution >= 4 is 58.3 Å². The van der Waals surface area contributed by atoms with E-state index in [4.69, 9.17) is 39.5 Å². The van der Waals surface area contributed by atoms with Crippen molar-refractivity contribution in [2.75, 3.05) is 14.1 Å². The second-order valence-electron chi connectivity index (χ2n) is 12.9. The SMILES string of the molecule is CN1[C@@H]2CC[C@H]1CC(Sc1ccc(O)cc1Cl)C2.CN1[C@@H]2CC[C@H]1CC(Sc1ccc(Oc3cnccn3)cc1Cl)C2.Clc1cnccn1. The Morgan fingerprint density at radius 1 is 0.673 bits per heavy atom. The molecule has 6 heterocycles. The molecule has 49 heavy (non-hydrogen) atoms. The molecule has 260 valence electrons. The van der Waals surface area contributed by atoms with E-state index in [1.165, 1.54) is 57.6 Å². The van der Waals surface area contributed by atoms with Gasteiger partial charge in [-0.25, -0.2) is 9.97 Å². The van der Waals surface area contributed by atoms with Crippen LogP contribution < -0.4 is 4.74 Å². The molecule has 2 unspecified atom stereocenters. The standard InChI is InChI=1S/C18H20ClN3OS.C14H18ClNOS.C4H3ClN2/c1-22-12-2-3-13(22)9-15(8-12)24-17-5-4-14(10-16(17)19)23-18-11-20-6-7-21-18;1-16-9-2-3-10(16)7-12(6-9)18-14-5-4-11(17)8-13(14)15;5-4-3-6-1-2-7-4/h4-7,10-13,15H,2-3,8-9H2,1H3;4-5,8-10,12,17H,2-3,6-7H2,1H3;1-3H/t12-,13+,15?;9-,10+,12?;. The van der Waals surface area contributed by atoms with Crippen molar-refractivity contribution < 1.29 is 9.84 Å². The lowest BCUT2D eigenvalue weighted by Gasteiger charge is -2.36. The Hall–Kier alpha value is -2.31. The number of phenolic OH excluding ortho intramolecular Hbond substituents is 1. The van der Waals surface area contributed by atoms with Crippen LogP contribution in [0.25, 0.3) is 0 Å². The topological polar surface area (TPSA) is 87.5 Å². The van der Waals surface area contributed by atoms with Crippen molar-refractivity contribution in [1.82, 2.24) is 29.7 Å². The molecule has 13 heteroatoms. The molecule has 2 aromatic carbocycles. The summed E-state index contributed by atoms with van der Waals surface area (Å²) >= 11 is 21.8. The number of hydrogen-bond donors (Lipinski definition) is 1. The Bertz CT molecular complexity index is 1630. The molecule has 0 amide bonds. The van der Waals surface area contributed by atoms with Crippen LogP contribution in [0.3, 0.4) is 0 Å². The molecule has 0 aliphatic carbocycles. The molecule has 4 bridgehead atoms. The lowest BCUT2D eigenvalue weighted by molar-refractivity contribution is 0.183. The van der Waals surface area contributed by atoms with Crippen LogP contribution in [0.4, 0.5) is 0 Å². The highest BCUT2D eigenvalue weighted by Crippen LogP contribution is 2.45. The molecule has 4 fully saturated rings. The summed E-state index contributed by atoms with van der Waals surface area (Å²) in [4.78, 5) is 22.8. The monoisotopic (exact) mass is 758 g/mol. The maximum Gasteiger partial charge on any atom is 0.237 e. The van der Waals surface area contributed by atoms with Gasteiger partial charge in [-0.15, -0.1) is 23.5 Å². The number of rotatable bonds is 6. The smallest absolute Gasteiger partial charge is 0.237 e. The van der Waals surface area contributed by atoms with Gasteiger partial charge in [-0.05, 0) is 95.8 Å². The van der Waals surface area contributed by atoms with E-state index >= 15 is 0 Å². The Labute approximate surface area is 312 Å². The first-order valence-corrected chi connectivity index (χ1v) is 19.5. The Morgan fingerprint density at radius 2 is 1.18 bits per heavy atom. The molecule has 0 radical (unpaired) electrons. The summed E-state index contributed by atoms with van der Waals surface area (Å²) in [5, 5.41) is 12.5. The predicted octanol–water partition coefficient (Wildman–Crippen LogP) is 9.53. The number of aromatic nitrogens is 4. The van der Waals surface area contributed by atoms with Gasteiger partial charge in [0, 0.05) is 75.3 Å². The van der Waals surface area contributed by atoms with Crippen LogP contribution in [0.2, 0.25) is 15.2 Å². The van der Waals surface area contributed by atoms with E-state index in [1.807, 2.05) is 41.7 Å². The second-order valence-corrected chi connectivity index (χ2v) is 16.8. The van der Waals surface area contributed by atoms with Gasteiger partial charge in [0.05, 0.1) is 22.4 Å². The van der Waals surface area contributed by atoms with Crippen molar-refractivity contribution in [2.45, 2.75) is 95.8 Å². The Morgan fingerprint density at radius 3 is 1.61 bits per heavy atom. The van der Waals surface area contributed by atoms with Crippen LogP contribution in [0, 0.1) is 0 Å². The minimum atomic E-state index is 0.243. The minimum Gasteiger partial charge on any atom is -0.508 e. The van der Waals surface area contributed by atoms with Crippen molar-refractivity contribution in [3.63, 3.8) is 0 Å². The molecule has 4 aliphatic heterocycles. The first-order valence-electron chi connectivity index (χ1n) is 16.6. The van der Waals surface area contributed by atoms with Gasteiger partial charge in [0.2, 0.25) is 5.88 Å². The van der Waals surface area contributed by atoms with Crippen molar-refractivity contribution in [2.24, 2.45) is 0 Å². The normalized spacial score (nSPS) is 25.9. The van der Waals surface area contributed by atoms with Crippen LogP contribution in [0.5, 0.6) is 17.4 Å². The van der Waals surface area contributed by atoms with Crippen LogP contribution >= 0.6 is 58.3 Å². The molecule has 4 saturated heterocycles. The minimum absolute atomic E-state index is 0.243. The highest BCUT2D eigenvalue weighted by atomic mass is 35.5. The molecular formula is C36H41Cl3N6O2S2. The zero-order chi connectivity index (χ0) is 34.3. The molecule has 8 nitrogen and oxygen atoms in total. The maximum atomic E-state index is 9.37. The van der Waals surface area contributed by atoms with Crippen molar-refractivity contribution in [3.05, 3.63) is 88.8 Å². The zero-order valence-electron chi connectivity index (χ0n) is 27.5. The van der Waals surface area contributed by atoms with E-state index in [-0.39, 0.29) is 5.75 Å². The van der Waals surface area contributed by atoms with Gasteiger partial charge < -0.3 is 19.6 Å². The largest absolute Gasteiger partial charge is 0.508 e. The summed E-state index contributed by atoms with van der Waals surface area (Å²) in [5.74, 6) is 1.40. The number of hydrogen-bond acceptors (Lipinski definition) is 10. The Balaban J connectivity index is 0.000000146. The second kappa shape index (κ2) is 17.3. The van der Waals surface area contributed by atoms with Gasteiger partial charge in [0.15, 0.2) is 0 Å². The van der Waals surface area contributed by atoms with E-state index in [0.717, 1.165) is 39.0 Å². The van der Waals surface area contributed by atoms with Gasteiger partial charge in [0.1, 0.15) is 16.7 Å². The average Bonchev–Trinajstić information content (AvgIpc) is 3.40. The molecule has 4 aromatic rings. The van der Waals surface area contributed by atoms with Gasteiger partial charge in [-0.1, -0.05) is 34.8 Å². The fourth-order valence-corrected chi connectivity index (χ4v) is 10.6. The zero-order valence-corrected chi connectivity index (χ0v) is 31.4. The third-order valence-corrected chi connectivity index (χ3v) is 13.5. The van der Waals surface area contributed by atoms with Crippen molar-refractivity contribution in [1.29, 1.82) is 0 Å². The highest BCUT2D eigenvalue weighted by Gasteiger charge is 2.39. The van der Waals surface area contributed by atoms with E-state index in [2.05, 4.69) is 49.9 Å². The highest BCUT2D eigenvalue weighted by molar-refractivity contribution is 8.00. The van der Waals surface area contributed by atoms with E-state index < -0.39 is 0 Å². The number of phenols is 1. The van der Waals surface area contributed by atoms with Crippen LogP contribution in [-0.2, 0) is 0 Å². The number of thioether (sulfide) groups is 2. The van der Waals surface area contributed by atoms with Crippen LogP contribution in [-0.4, -0.2) is 83.6 Å². The molecule has 4 aliphatic rings. The van der Waals surface area contributed by atoms with Gasteiger partial charge in [0.25, 0.3) is 0 Å². The quantitative estimate of drug-likeness (QED) is 0.205. The lowest BCUT2D eigenvalue weighted by Crippen LogP contribution is -2.40. The average molecular weight is 760 g/mol. The molecule has 0 spiro atoms. The third kappa shape index (κ3) is 9.94. The summed E-state index contributed by atoms with van der Waals surface area (Å²) in [5.41, 5.74) is 0. The summed E-state index contributed by atoms with van der Waals surface area (Å²) < 4.78 is 5.69. The van der Waals surface area contributed by atoms with Crippen molar-refractivity contribution in [3.8, 4) is 17.4 Å². The number of fused-ring (bicyclic) bond motifs is 4. The molecule has 0 saturated carbocycles. The Kier molecular flexibility index (Phi) is 12.9. The maximum absolute atomic E-state index is 9.37. The fourth-order valence-electron chi connectivity index (χ4n) is 7.24. The first kappa shape index (κ1) is 36.5. The number of nitrogens with zero attached hydrogens (tertiary/aromatic N) is 6. The number of aromatic hydroxyl groups is 1. The number of benzene rings is 2. The fraction of sp³-hybridized carbons (Fsp3) is 0.444. The summed E-state index contributed by atoms with van der Waals surface area (Å²) in [6, 6.07) is 14.2. The van der Waals surface area contributed by atoms with E-state index in [0.29, 0.717) is 32.3 Å². The predicted molar refractivity (Wildman–Crippen MR) is 201 cm³/mol. The number of halogens is 3. The van der Waals surface area contributed by atoms with Gasteiger partial charge in [-0.2, -0.15) is 0 Å². The summed E-state index contributed by atoms with van der Waals surface area (Å²) in [6.07, 6.45) is 19.8. The number of piperidine rings is 2. The third-order valence-electron chi connectivity index (χ3n) is 9.81. The lowest BCUT2D eigenvalue weighted by atomic mass is 10.0. The molecule has 2 aromatic heterocycles.